The minimum atomic E-state index is -0.802. The molecule has 1 atom stereocenters. The molecular weight excluding hydrogens is 262 g/mol. The van der Waals surface area contributed by atoms with Gasteiger partial charge in [-0.2, -0.15) is 0 Å². The van der Waals surface area contributed by atoms with Gasteiger partial charge in [-0.15, -0.1) is 0 Å². The lowest BCUT2D eigenvalue weighted by Crippen LogP contribution is -2.37. The largest absolute Gasteiger partial charge is 0.309 e. The second kappa shape index (κ2) is 7.45. The van der Waals surface area contributed by atoms with Crippen molar-refractivity contribution < 1.29 is 13.6 Å². The van der Waals surface area contributed by atoms with E-state index in [4.69, 9.17) is 0 Å². The molecule has 0 aromatic heterocycles. The van der Waals surface area contributed by atoms with Crippen LogP contribution in [0.1, 0.15) is 23.7 Å². The van der Waals surface area contributed by atoms with Gasteiger partial charge < -0.3 is 4.90 Å². The first-order chi connectivity index (χ1) is 9.32. The van der Waals surface area contributed by atoms with Gasteiger partial charge in [0.1, 0.15) is 11.6 Å². The molecule has 1 aromatic rings. The van der Waals surface area contributed by atoms with Gasteiger partial charge in [0.15, 0.2) is 5.78 Å². The Bertz CT molecular complexity index is 463. The van der Waals surface area contributed by atoms with Gasteiger partial charge in [0.05, 0.1) is 11.6 Å². The summed E-state index contributed by atoms with van der Waals surface area (Å²) in [5.74, 6) is -1.80. The first-order valence-corrected chi connectivity index (χ1v) is 6.67. The third-order valence-corrected chi connectivity index (χ3v) is 3.35. The summed E-state index contributed by atoms with van der Waals surface area (Å²) in [6.07, 6.45) is 0.924. The number of hydrogen-bond acceptors (Lipinski definition) is 3. The van der Waals surface area contributed by atoms with Gasteiger partial charge in [-0.05, 0) is 59.7 Å². The van der Waals surface area contributed by atoms with E-state index in [-0.39, 0.29) is 11.3 Å². The molecule has 1 aromatic carbocycles. The summed E-state index contributed by atoms with van der Waals surface area (Å²) in [6, 6.07) is 2.62. The summed E-state index contributed by atoms with van der Waals surface area (Å²) in [5.41, 5.74) is -0.0571. The number of halogens is 2. The fourth-order valence-electron chi connectivity index (χ4n) is 1.94. The molecule has 112 valence electrons. The molecule has 0 aliphatic heterocycles. The van der Waals surface area contributed by atoms with Crippen LogP contribution in [0.15, 0.2) is 18.2 Å². The topological polar surface area (TPSA) is 23.6 Å². The van der Waals surface area contributed by atoms with E-state index < -0.39 is 17.7 Å². The lowest BCUT2D eigenvalue weighted by atomic mass is 10.0. The number of Topliss-reactive ketones (excluding diaryl/α,β-unsaturated/α-hetero) is 1. The molecule has 0 saturated heterocycles. The predicted octanol–water partition coefficient (Wildman–Crippen LogP) is 2.42. The number of carbonyl (C=O) groups excluding carboxylic acids is 1. The second-order valence-corrected chi connectivity index (χ2v) is 5.30. The van der Waals surface area contributed by atoms with Crippen LogP contribution in [0.5, 0.6) is 0 Å². The quantitative estimate of drug-likeness (QED) is 0.718. The van der Waals surface area contributed by atoms with Gasteiger partial charge in [-0.25, -0.2) is 8.78 Å². The van der Waals surface area contributed by atoms with E-state index in [0.29, 0.717) is 0 Å². The lowest BCUT2D eigenvalue weighted by molar-refractivity contribution is 0.0861. The van der Waals surface area contributed by atoms with Crippen LogP contribution in [0.4, 0.5) is 8.78 Å². The minimum absolute atomic E-state index is 0.0571. The molecule has 0 saturated carbocycles. The van der Waals surface area contributed by atoms with Gasteiger partial charge in [0.25, 0.3) is 0 Å². The fourth-order valence-corrected chi connectivity index (χ4v) is 1.94. The van der Waals surface area contributed by atoms with Gasteiger partial charge in [-0.1, -0.05) is 0 Å². The molecular formula is C15H22F2N2O. The third kappa shape index (κ3) is 4.65. The maximum atomic E-state index is 13.6. The Morgan fingerprint density at radius 1 is 1.20 bits per heavy atom. The fraction of sp³-hybridized carbons (Fsp3) is 0.533. The zero-order valence-corrected chi connectivity index (χ0v) is 12.5. The Labute approximate surface area is 119 Å². The zero-order valence-electron chi connectivity index (χ0n) is 12.5. The summed E-state index contributed by atoms with van der Waals surface area (Å²) >= 11 is 0. The Morgan fingerprint density at radius 3 is 2.40 bits per heavy atom. The highest BCUT2D eigenvalue weighted by Crippen LogP contribution is 2.14. The molecule has 0 radical (unpaired) electrons. The molecule has 20 heavy (non-hydrogen) atoms. The molecule has 5 heteroatoms. The van der Waals surface area contributed by atoms with Crippen LogP contribution in [-0.4, -0.2) is 55.9 Å². The highest BCUT2D eigenvalue weighted by molar-refractivity contribution is 6.00. The monoisotopic (exact) mass is 284 g/mol. The summed E-state index contributed by atoms with van der Waals surface area (Å²) in [5, 5.41) is 0. The average Bonchev–Trinajstić information content (AvgIpc) is 2.36. The summed E-state index contributed by atoms with van der Waals surface area (Å²) in [4.78, 5) is 16.2. The summed E-state index contributed by atoms with van der Waals surface area (Å²) in [6.45, 7) is 3.41. The number of nitrogens with zero attached hydrogens (tertiary/aromatic N) is 2. The minimum Gasteiger partial charge on any atom is -0.309 e. The average molecular weight is 284 g/mol. The van der Waals surface area contributed by atoms with Crippen molar-refractivity contribution in [1.29, 1.82) is 0 Å². The van der Waals surface area contributed by atoms with Crippen molar-refractivity contribution in [3.63, 3.8) is 0 Å². The Hall–Kier alpha value is -1.33. The van der Waals surface area contributed by atoms with Gasteiger partial charge >= 0.3 is 0 Å². The lowest BCUT2D eigenvalue weighted by Gasteiger charge is -2.24. The molecule has 0 amide bonds. The molecule has 1 unspecified atom stereocenters. The number of hydrogen-bond donors (Lipinski definition) is 0. The van der Waals surface area contributed by atoms with Crippen LogP contribution in [-0.2, 0) is 0 Å². The van der Waals surface area contributed by atoms with Gasteiger partial charge in [0.2, 0.25) is 0 Å². The normalized spacial score (nSPS) is 13.0. The van der Waals surface area contributed by atoms with Crippen molar-refractivity contribution in [2.24, 2.45) is 0 Å². The third-order valence-electron chi connectivity index (χ3n) is 3.35. The van der Waals surface area contributed by atoms with Crippen LogP contribution in [0.2, 0.25) is 0 Å². The van der Waals surface area contributed by atoms with E-state index in [1.54, 1.807) is 6.92 Å². The number of carbonyl (C=O) groups is 1. The summed E-state index contributed by atoms with van der Waals surface area (Å²) in [7, 11) is 5.81. The van der Waals surface area contributed by atoms with E-state index >= 15 is 0 Å². The number of ketones is 1. The molecule has 0 aliphatic carbocycles. The summed E-state index contributed by atoms with van der Waals surface area (Å²) < 4.78 is 26.4. The van der Waals surface area contributed by atoms with Crippen LogP contribution in [0.25, 0.3) is 0 Å². The van der Waals surface area contributed by atoms with Crippen molar-refractivity contribution in [1.82, 2.24) is 9.80 Å². The Kier molecular flexibility index (Phi) is 6.23. The molecule has 0 spiro atoms. The van der Waals surface area contributed by atoms with Crippen LogP contribution in [0.3, 0.4) is 0 Å². The molecule has 0 bridgehead atoms. The SMILES string of the molecule is CC(C(=O)c1ccc(F)cc1F)N(C)CCCN(C)C. The smallest absolute Gasteiger partial charge is 0.182 e. The van der Waals surface area contributed by atoms with Crippen LogP contribution in [0, 0.1) is 11.6 Å². The van der Waals surface area contributed by atoms with Crippen molar-refractivity contribution in [3.05, 3.63) is 35.4 Å². The predicted molar refractivity (Wildman–Crippen MR) is 76.0 cm³/mol. The van der Waals surface area contributed by atoms with Crippen molar-refractivity contribution in [2.45, 2.75) is 19.4 Å². The Balaban J connectivity index is 2.66. The molecule has 0 fully saturated rings. The highest BCUT2D eigenvalue weighted by atomic mass is 19.1. The molecule has 0 aliphatic rings. The number of benzene rings is 1. The number of likely N-dealkylation sites (N-methyl/N-ethyl adjacent to an activating group) is 1. The van der Waals surface area contributed by atoms with E-state index in [2.05, 4.69) is 4.90 Å². The second-order valence-electron chi connectivity index (χ2n) is 5.30. The maximum absolute atomic E-state index is 13.6. The van der Waals surface area contributed by atoms with Crippen molar-refractivity contribution >= 4 is 5.78 Å². The van der Waals surface area contributed by atoms with E-state index in [9.17, 15) is 13.6 Å². The van der Waals surface area contributed by atoms with Crippen molar-refractivity contribution in [3.8, 4) is 0 Å². The van der Waals surface area contributed by atoms with E-state index in [1.165, 1.54) is 6.07 Å². The van der Waals surface area contributed by atoms with Gasteiger partial charge in [-0.3, -0.25) is 9.69 Å². The standard InChI is InChI=1S/C15H22F2N2O/c1-11(19(4)9-5-8-18(2)3)15(20)13-7-6-12(16)10-14(13)17/h6-7,10-11H,5,8-9H2,1-4H3. The molecule has 1 rings (SSSR count). The van der Waals surface area contributed by atoms with Crippen LogP contribution < -0.4 is 0 Å². The molecule has 0 heterocycles. The van der Waals surface area contributed by atoms with E-state index in [0.717, 1.165) is 31.6 Å². The zero-order chi connectivity index (χ0) is 15.3. The Morgan fingerprint density at radius 2 is 1.85 bits per heavy atom. The first-order valence-electron chi connectivity index (χ1n) is 6.67. The first kappa shape index (κ1) is 16.7. The van der Waals surface area contributed by atoms with Crippen LogP contribution >= 0.6 is 0 Å². The van der Waals surface area contributed by atoms with E-state index in [1.807, 2.05) is 26.0 Å². The highest BCUT2D eigenvalue weighted by Gasteiger charge is 2.22. The van der Waals surface area contributed by atoms with Crippen molar-refractivity contribution in [2.75, 3.05) is 34.2 Å². The number of rotatable bonds is 7. The molecule has 0 N–H and O–H groups in total. The molecule has 3 nitrogen and oxygen atoms in total. The van der Waals surface area contributed by atoms with Gasteiger partial charge in [0, 0.05) is 6.07 Å². The maximum Gasteiger partial charge on any atom is 0.182 e.